The number of piperidine rings is 1. The van der Waals surface area contributed by atoms with Crippen LogP contribution in [0.2, 0.25) is 0 Å². The maximum Gasteiger partial charge on any atom is 0.230 e. The Morgan fingerprint density at radius 3 is 2.77 bits per heavy atom. The molecule has 1 N–H and O–H groups in total. The second-order valence-electron chi connectivity index (χ2n) is 8.40. The molecule has 1 amide bonds. The number of rotatable bonds is 4. The van der Waals surface area contributed by atoms with E-state index in [1.807, 2.05) is 29.2 Å². The van der Waals surface area contributed by atoms with Crippen LogP contribution in [0.15, 0.2) is 40.9 Å². The van der Waals surface area contributed by atoms with Crippen LogP contribution in [0.3, 0.4) is 0 Å². The van der Waals surface area contributed by atoms with Crippen molar-refractivity contribution in [2.45, 2.75) is 44.1 Å². The van der Waals surface area contributed by atoms with Crippen LogP contribution in [0.5, 0.6) is 0 Å². The first kappa shape index (κ1) is 20.1. The maximum absolute atomic E-state index is 14.1. The predicted molar refractivity (Wildman–Crippen MR) is 112 cm³/mol. The standard InChI is InChI=1S/C23H23BrF2N2O2/c24-19-4-2-1-3-14(19)12-28(16-5-6-16)22(29)18-11-27-8-7-23(18)17-10-21(26)20(25)9-15(17)13-30-23/h1-4,9-10,16,18,27H,5-8,11-13H2/t18?,23-/m0/s1. The van der Waals surface area contributed by atoms with Crippen molar-refractivity contribution >= 4 is 21.8 Å². The van der Waals surface area contributed by atoms with E-state index in [1.54, 1.807) is 0 Å². The highest BCUT2D eigenvalue weighted by atomic mass is 79.9. The number of amides is 1. The van der Waals surface area contributed by atoms with Gasteiger partial charge in [-0.05, 0) is 60.7 Å². The molecule has 1 spiro atoms. The molecule has 2 fully saturated rings. The first-order valence-electron chi connectivity index (χ1n) is 10.4. The summed E-state index contributed by atoms with van der Waals surface area (Å²) in [7, 11) is 0. The van der Waals surface area contributed by atoms with E-state index in [2.05, 4.69) is 21.2 Å². The SMILES string of the molecule is O=C(C1CNCC[C@@]12OCc1cc(F)c(F)cc12)N(Cc1ccccc1Br)C1CC1. The second kappa shape index (κ2) is 7.70. The van der Waals surface area contributed by atoms with Crippen LogP contribution in [0.1, 0.15) is 36.0 Å². The lowest BCUT2D eigenvalue weighted by Crippen LogP contribution is -2.55. The van der Waals surface area contributed by atoms with Gasteiger partial charge in [-0.2, -0.15) is 0 Å². The normalized spacial score (nSPS) is 25.4. The lowest BCUT2D eigenvalue weighted by Gasteiger charge is -2.43. The third-order valence-corrected chi connectivity index (χ3v) is 7.31. The number of ether oxygens (including phenoxy) is 1. The fraction of sp³-hybridized carbons (Fsp3) is 0.435. The molecule has 2 aliphatic heterocycles. The molecule has 1 saturated carbocycles. The zero-order chi connectivity index (χ0) is 20.9. The molecule has 2 atom stereocenters. The number of benzene rings is 2. The van der Waals surface area contributed by atoms with Crippen molar-refractivity contribution in [1.82, 2.24) is 10.2 Å². The summed E-state index contributed by atoms with van der Waals surface area (Å²) in [4.78, 5) is 15.8. The van der Waals surface area contributed by atoms with Crippen molar-refractivity contribution in [2.75, 3.05) is 13.1 Å². The van der Waals surface area contributed by atoms with Crippen LogP contribution in [-0.2, 0) is 28.3 Å². The van der Waals surface area contributed by atoms with Crippen molar-refractivity contribution in [2.24, 2.45) is 5.92 Å². The van der Waals surface area contributed by atoms with Crippen molar-refractivity contribution in [1.29, 1.82) is 0 Å². The first-order valence-corrected chi connectivity index (χ1v) is 11.2. The van der Waals surface area contributed by atoms with Crippen LogP contribution in [-0.4, -0.2) is 29.9 Å². The number of hydrogen-bond acceptors (Lipinski definition) is 3. The van der Waals surface area contributed by atoms with Gasteiger partial charge < -0.3 is 15.0 Å². The first-order chi connectivity index (χ1) is 14.5. The lowest BCUT2D eigenvalue weighted by molar-refractivity contribution is -0.157. The predicted octanol–water partition coefficient (Wildman–Crippen LogP) is 4.25. The van der Waals surface area contributed by atoms with Crippen molar-refractivity contribution in [3.63, 3.8) is 0 Å². The van der Waals surface area contributed by atoms with Crippen LogP contribution in [0.25, 0.3) is 0 Å². The molecule has 3 aliphatic rings. The van der Waals surface area contributed by atoms with E-state index in [1.165, 1.54) is 12.1 Å². The Hall–Kier alpha value is -1.83. The number of nitrogens with zero attached hydrogens (tertiary/aromatic N) is 1. The van der Waals surface area contributed by atoms with Crippen LogP contribution in [0, 0.1) is 17.6 Å². The van der Waals surface area contributed by atoms with Gasteiger partial charge in [0, 0.05) is 23.6 Å². The Bertz CT molecular complexity index is 997. The van der Waals surface area contributed by atoms with E-state index in [4.69, 9.17) is 4.74 Å². The van der Waals surface area contributed by atoms with E-state index >= 15 is 0 Å². The zero-order valence-corrected chi connectivity index (χ0v) is 18.1. The number of fused-ring (bicyclic) bond motifs is 2. The highest BCUT2D eigenvalue weighted by Gasteiger charge is 2.53. The van der Waals surface area contributed by atoms with Gasteiger partial charge in [-0.3, -0.25) is 4.79 Å². The molecule has 30 heavy (non-hydrogen) atoms. The molecule has 5 rings (SSSR count). The molecule has 2 aromatic rings. The topological polar surface area (TPSA) is 41.6 Å². The van der Waals surface area contributed by atoms with Crippen molar-refractivity contribution in [3.8, 4) is 0 Å². The summed E-state index contributed by atoms with van der Waals surface area (Å²) in [5.41, 5.74) is 1.40. The second-order valence-corrected chi connectivity index (χ2v) is 9.25. The van der Waals surface area contributed by atoms with Crippen molar-refractivity contribution in [3.05, 3.63) is 69.2 Å². The van der Waals surface area contributed by atoms with Gasteiger partial charge in [0.25, 0.3) is 0 Å². The van der Waals surface area contributed by atoms with Gasteiger partial charge in [0.1, 0.15) is 5.60 Å². The molecule has 0 aromatic heterocycles. The largest absolute Gasteiger partial charge is 0.365 e. The van der Waals surface area contributed by atoms with Gasteiger partial charge >= 0.3 is 0 Å². The summed E-state index contributed by atoms with van der Waals surface area (Å²) >= 11 is 3.58. The molecule has 158 valence electrons. The fourth-order valence-electron chi connectivity index (χ4n) is 4.81. The molecule has 4 nitrogen and oxygen atoms in total. The lowest BCUT2D eigenvalue weighted by atomic mass is 9.75. The summed E-state index contributed by atoms with van der Waals surface area (Å²) in [6.45, 7) is 1.83. The molecule has 7 heteroatoms. The third-order valence-electron chi connectivity index (χ3n) is 6.54. The summed E-state index contributed by atoms with van der Waals surface area (Å²) < 4.78 is 35.1. The Balaban J connectivity index is 1.50. The van der Waals surface area contributed by atoms with Crippen molar-refractivity contribution < 1.29 is 18.3 Å². The van der Waals surface area contributed by atoms with Crippen LogP contribution in [0.4, 0.5) is 8.78 Å². The highest BCUT2D eigenvalue weighted by Crippen LogP contribution is 2.48. The minimum Gasteiger partial charge on any atom is -0.365 e. The summed E-state index contributed by atoms with van der Waals surface area (Å²) in [5.74, 6) is -2.24. The van der Waals surface area contributed by atoms with Crippen LogP contribution >= 0.6 is 15.9 Å². The Morgan fingerprint density at radius 2 is 2.00 bits per heavy atom. The summed E-state index contributed by atoms with van der Waals surface area (Å²) in [6.07, 6.45) is 2.52. The number of nitrogens with one attached hydrogen (secondary N) is 1. The van der Waals surface area contributed by atoms with Gasteiger partial charge in [0.05, 0.1) is 12.5 Å². The molecular formula is C23H23BrF2N2O2. The average Bonchev–Trinajstić information content (AvgIpc) is 3.53. The van der Waals surface area contributed by atoms with Gasteiger partial charge in [-0.15, -0.1) is 0 Å². The molecule has 0 bridgehead atoms. The van der Waals surface area contributed by atoms with Crippen LogP contribution < -0.4 is 5.32 Å². The van der Waals surface area contributed by atoms with E-state index in [0.29, 0.717) is 37.2 Å². The number of hydrogen-bond donors (Lipinski definition) is 1. The highest BCUT2D eigenvalue weighted by molar-refractivity contribution is 9.10. The summed E-state index contributed by atoms with van der Waals surface area (Å²) in [6, 6.07) is 10.6. The van der Waals surface area contributed by atoms with E-state index in [9.17, 15) is 13.6 Å². The molecule has 2 heterocycles. The summed E-state index contributed by atoms with van der Waals surface area (Å²) in [5, 5.41) is 3.31. The number of carbonyl (C=O) groups excluding carboxylic acids is 1. The number of halogens is 3. The van der Waals surface area contributed by atoms with Gasteiger partial charge in [0.15, 0.2) is 11.6 Å². The Morgan fingerprint density at radius 1 is 1.23 bits per heavy atom. The van der Waals surface area contributed by atoms with E-state index < -0.39 is 23.2 Å². The van der Waals surface area contributed by atoms with E-state index in [0.717, 1.165) is 22.9 Å². The van der Waals surface area contributed by atoms with Gasteiger partial charge in [0.2, 0.25) is 5.91 Å². The van der Waals surface area contributed by atoms with Gasteiger partial charge in [-0.1, -0.05) is 34.1 Å². The molecule has 1 aliphatic carbocycles. The average molecular weight is 477 g/mol. The Labute approximate surface area is 182 Å². The maximum atomic E-state index is 14.1. The smallest absolute Gasteiger partial charge is 0.230 e. The third kappa shape index (κ3) is 3.37. The Kier molecular flexibility index (Phi) is 5.16. The molecule has 2 aromatic carbocycles. The van der Waals surface area contributed by atoms with Gasteiger partial charge in [-0.25, -0.2) is 8.78 Å². The van der Waals surface area contributed by atoms with E-state index in [-0.39, 0.29) is 18.6 Å². The molecule has 1 unspecified atom stereocenters. The molecule has 0 radical (unpaired) electrons. The number of carbonyl (C=O) groups is 1. The molecular weight excluding hydrogens is 454 g/mol. The minimum absolute atomic E-state index is 0.0121. The quantitative estimate of drug-likeness (QED) is 0.716. The minimum atomic E-state index is -0.909. The molecule has 1 saturated heterocycles. The zero-order valence-electron chi connectivity index (χ0n) is 16.5. The fourth-order valence-corrected chi connectivity index (χ4v) is 5.22. The monoisotopic (exact) mass is 476 g/mol.